The summed E-state index contributed by atoms with van der Waals surface area (Å²) in [6, 6.07) is 2.26. The third-order valence-corrected chi connectivity index (χ3v) is 4.76. The molecule has 0 spiro atoms. The van der Waals surface area contributed by atoms with Crippen LogP contribution in [0.25, 0.3) is 0 Å². The predicted octanol–water partition coefficient (Wildman–Crippen LogP) is 3.45. The van der Waals surface area contributed by atoms with Crippen molar-refractivity contribution in [3.8, 4) is 6.07 Å². The van der Waals surface area contributed by atoms with E-state index in [1.807, 2.05) is 0 Å². The fraction of sp³-hybridized carbons (Fsp3) is 0.615. The van der Waals surface area contributed by atoms with Crippen molar-refractivity contribution in [3.63, 3.8) is 0 Å². The molecular formula is C13H18N2S. The van der Waals surface area contributed by atoms with Crippen molar-refractivity contribution in [1.82, 2.24) is 0 Å². The minimum Gasteiger partial charge on any atom is -0.389 e. The molecule has 0 bridgehead atoms. The summed E-state index contributed by atoms with van der Waals surface area (Å²) in [5.41, 5.74) is 8.26. The van der Waals surface area contributed by atoms with Crippen LogP contribution in [0, 0.1) is 16.7 Å². The zero-order valence-electron chi connectivity index (χ0n) is 10.3. The van der Waals surface area contributed by atoms with E-state index in [2.05, 4.69) is 33.8 Å². The highest BCUT2D eigenvalue weighted by Crippen LogP contribution is 2.50. The van der Waals surface area contributed by atoms with Gasteiger partial charge in [-0.3, -0.25) is 0 Å². The van der Waals surface area contributed by atoms with Gasteiger partial charge in [-0.15, -0.1) is 11.3 Å². The Hall–Kier alpha value is -1.01. The second kappa shape index (κ2) is 3.24. The summed E-state index contributed by atoms with van der Waals surface area (Å²) < 4.78 is 0. The van der Waals surface area contributed by atoms with Crippen LogP contribution in [0.3, 0.4) is 0 Å². The summed E-state index contributed by atoms with van der Waals surface area (Å²) in [4.78, 5) is 1.32. The first-order valence-corrected chi connectivity index (χ1v) is 6.40. The normalized spacial score (nSPS) is 21.2. The molecule has 16 heavy (non-hydrogen) atoms. The fourth-order valence-corrected chi connectivity index (χ4v) is 4.28. The topological polar surface area (TPSA) is 49.8 Å². The molecule has 2 N–H and O–H groups in total. The van der Waals surface area contributed by atoms with Crippen molar-refractivity contribution in [2.45, 2.75) is 46.0 Å². The van der Waals surface area contributed by atoms with Gasteiger partial charge in [0.2, 0.25) is 0 Å². The summed E-state index contributed by atoms with van der Waals surface area (Å²) >= 11 is 1.60. The SMILES string of the molecule is CC1(C)Cc2c(sc(N)c2C#N)C(C)(C)C1. The third kappa shape index (κ3) is 1.62. The monoisotopic (exact) mass is 234 g/mol. The maximum Gasteiger partial charge on any atom is 0.104 e. The van der Waals surface area contributed by atoms with Crippen LogP contribution in [-0.4, -0.2) is 0 Å². The molecule has 2 nitrogen and oxygen atoms in total. The molecule has 0 aliphatic heterocycles. The predicted molar refractivity (Wildman–Crippen MR) is 68.6 cm³/mol. The maximum atomic E-state index is 9.18. The Labute approximate surface area is 101 Å². The Kier molecular flexibility index (Phi) is 2.32. The lowest BCUT2D eigenvalue weighted by Gasteiger charge is -2.40. The van der Waals surface area contributed by atoms with Crippen LogP contribution in [0.15, 0.2) is 0 Å². The highest BCUT2D eigenvalue weighted by molar-refractivity contribution is 7.16. The lowest BCUT2D eigenvalue weighted by Crippen LogP contribution is -2.33. The van der Waals surface area contributed by atoms with Crippen LogP contribution in [-0.2, 0) is 11.8 Å². The Bertz CT molecular complexity index is 475. The van der Waals surface area contributed by atoms with E-state index in [-0.39, 0.29) is 10.8 Å². The number of anilines is 1. The minimum absolute atomic E-state index is 0.144. The standard InChI is InChI=1S/C13H18N2S/c1-12(2)5-8-9(6-14)11(15)16-10(8)13(3,4)7-12/h5,7,15H2,1-4H3. The zero-order valence-corrected chi connectivity index (χ0v) is 11.2. The molecule has 0 radical (unpaired) electrons. The number of nitrogens with zero attached hydrogens (tertiary/aromatic N) is 1. The third-order valence-electron chi connectivity index (χ3n) is 3.34. The molecule has 0 saturated carbocycles. The number of nitriles is 1. The Morgan fingerprint density at radius 1 is 1.31 bits per heavy atom. The van der Waals surface area contributed by atoms with Crippen molar-refractivity contribution in [2.24, 2.45) is 5.41 Å². The van der Waals surface area contributed by atoms with Gasteiger partial charge < -0.3 is 5.73 Å². The van der Waals surface area contributed by atoms with E-state index < -0.39 is 0 Å². The summed E-state index contributed by atoms with van der Waals surface area (Å²) in [6.45, 7) is 9.05. The quantitative estimate of drug-likeness (QED) is 0.747. The van der Waals surface area contributed by atoms with Gasteiger partial charge in [-0.25, -0.2) is 0 Å². The molecule has 0 amide bonds. The number of nitrogen functional groups attached to an aromatic ring is 1. The molecule has 0 atom stereocenters. The van der Waals surface area contributed by atoms with Crippen molar-refractivity contribution in [3.05, 3.63) is 16.0 Å². The number of nitrogens with two attached hydrogens (primary N) is 1. The molecule has 1 aromatic rings. The highest BCUT2D eigenvalue weighted by Gasteiger charge is 2.40. The molecule has 1 heterocycles. The van der Waals surface area contributed by atoms with Crippen molar-refractivity contribution in [1.29, 1.82) is 5.26 Å². The molecule has 0 unspecified atom stereocenters. The second-order valence-corrected chi connectivity index (χ2v) is 7.21. The van der Waals surface area contributed by atoms with E-state index in [4.69, 9.17) is 5.73 Å². The van der Waals surface area contributed by atoms with Crippen molar-refractivity contribution < 1.29 is 0 Å². The van der Waals surface area contributed by atoms with E-state index in [1.165, 1.54) is 10.4 Å². The summed E-state index contributed by atoms with van der Waals surface area (Å²) in [5.74, 6) is 0. The second-order valence-electron chi connectivity index (χ2n) is 6.16. The Morgan fingerprint density at radius 3 is 2.50 bits per heavy atom. The van der Waals surface area contributed by atoms with E-state index in [0.717, 1.165) is 18.4 Å². The molecule has 2 rings (SSSR count). The van der Waals surface area contributed by atoms with Crippen molar-refractivity contribution >= 4 is 16.3 Å². The molecule has 86 valence electrons. The fourth-order valence-electron chi connectivity index (χ4n) is 3.14. The van der Waals surface area contributed by atoms with Crippen LogP contribution in [0.1, 0.15) is 50.1 Å². The molecule has 1 aliphatic rings. The number of rotatable bonds is 0. The van der Waals surface area contributed by atoms with Crippen LogP contribution < -0.4 is 5.73 Å². The van der Waals surface area contributed by atoms with Gasteiger partial charge in [-0.05, 0) is 29.2 Å². The first kappa shape index (κ1) is 11.5. The average Bonchev–Trinajstić information content (AvgIpc) is 2.39. The number of fused-ring (bicyclic) bond motifs is 1. The Morgan fingerprint density at radius 2 is 1.94 bits per heavy atom. The number of hydrogen-bond acceptors (Lipinski definition) is 3. The van der Waals surface area contributed by atoms with Gasteiger partial charge in [-0.2, -0.15) is 5.26 Å². The van der Waals surface area contributed by atoms with Crippen LogP contribution >= 0.6 is 11.3 Å². The molecule has 1 aromatic heterocycles. The molecule has 0 fully saturated rings. The number of hydrogen-bond donors (Lipinski definition) is 1. The summed E-state index contributed by atoms with van der Waals surface area (Å²) in [6.07, 6.45) is 2.13. The van der Waals surface area contributed by atoms with Crippen LogP contribution in [0.5, 0.6) is 0 Å². The van der Waals surface area contributed by atoms with Crippen molar-refractivity contribution in [2.75, 3.05) is 5.73 Å². The summed E-state index contributed by atoms with van der Waals surface area (Å²) in [7, 11) is 0. The highest BCUT2D eigenvalue weighted by atomic mass is 32.1. The summed E-state index contributed by atoms with van der Waals surface area (Å²) in [5, 5.41) is 9.87. The lowest BCUT2D eigenvalue weighted by molar-refractivity contribution is 0.235. The lowest BCUT2D eigenvalue weighted by atomic mass is 9.65. The van der Waals surface area contributed by atoms with Gasteiger partial charge >= 0.3 is 0 Å². The van der Waals surface area contributed by atoms with Gasteiger partial charge in [-0.1, -0.05) is 27.7 Å². The smallest absolute Gasteiger partial charge is 0.104 e. The van der Waals surface area contributed by atoms with E-state index >= 15 is 0 Å². The first-order valence-electron chi connectivity index (χ1n) is 5.58. The zero-order chi connectivity index (χ0) is 12.1. The molecule has 1 aliphatic carbocycles. The largest absolute Gasteiger partial charge is 0.389 e. The van der Waals surface area contributed by atoms with Gasteiger partial charge in [0.25, 0.3) is 0 Å². The van der Waals surface area contributed by atoms with Gasteiger partial charge in [0.05, 0.1) is 5.56 Å². The molecular weight excluding hydrogens is 216 g/mol. The van der Waals surface area contributed by atoms with E-state index in [9.17, 15) is 5.26 Å². The van der Waals surface area contributed by atoms with Gasteiger partial charge in [0, 0.05) is 4.88 Å². The van der Waals surface area contributed by atoms with Gasteiger partial charge in [0.15, 0.2) is 0 Å². The number of thiophene rings is 1. The first-order chi connectivity index (χ1) is 7.27. The van der Waals surface area contributed by atoms with Crippen LogP contribution in [0.4, 0.5) is 5.00 Å². The van der Waals surface area contributed by atoms with E-state index in [1.54, 1.807) is 11.3 Å². The minimum atomic E-state index is 0.144. The Balaban J connectivity index is 2.66. The average molecular weight is 234 g/mol. The van der Waals surface area contributed by atoms with E-state index in [0.29, 0.717) is 5.00 Å². The molecule has 3 heteroatoms. The van der Waals surface area contributed by atoms with Crippen LogP contribution in [0.2, 0.25) is 0 Å². The molecule has 0 saturated heterocycles. The maximum absolute atomic E-state index is 9.18. The van der Waals surface area contributed by atoms with Gasteiger partial charge in [0.1, 0.15) is 11.1 Å². The molecule has 0 aromatic carbocycles.